The molecule has 0 aromatic carbocycles. The standard InChI is InChI=1S/C16H29N/c1-15(2,3)16(12-9-13-17-16)14-10-7-5-4-6-8-11-14/h10,17H,4-9,11-13H2,1-3H3. The van der Waals surface area contributed by atoms with E-state index < -0.39 is 0 Å². The third-order valence-corrected chi connectivity index (χ3v) is 4.77. The topological polar surface area (TPSA) is 12.0 Å². The molecule has 17 heavy (non-hydrogen) atoms. The minimum Gasteiger partial charge on any atom is -0.307 e. The molecule has 1 aliphatic heterocycles. The van der Waals surface area contributed by atoms with Gasteiger partial charge in [0.05, 0.1) is 0 Å². The van der Waals surface area contributed by atoms with Gasteiger partial charge in [-0.15, -0.1) is 0 Å². The minimum atomic E-state index is 0.296. The van der Waals surface area contributed by atoms with E-state index in [0.29, 0.717) is 11.0 Å². The largest absolute Gasteiger partial charge is 0.307 e. The van der Waals surface area contributed by atoms with Crippen molar-refractivity contribution in [2.24, 2.45) is 5.41 Å². The van der Waals surface area contributed by atoms with E-state index in [1.807, 2.05) is 0 Å². The van der Waals surface area contributed by atoms with Crippen LogP contribution >= 0.6 is 0 Å². The predicted molar refractivity (Wildman–Crippen MR) is 75.2 cm³/mol. The van der Waals surface area contributed by atoms with E-state index in [0.717, 1.165) is 0 Å². The van der Waals surface area contributed by atoms with E-state index in [1.54, 1.807) is 5.57 Å². The minimum absolute atomic E-state index is 0.296. The van der Waals surface area contributed by atoms with Crippen molar-refractivity contribution < 1.29 is 0 Å². The molecular formula is C16H29N. The third-order valence-electron chi connectivity index (χ3n) is 4.77. The average molecular weight is 235 g/mol. The Kier molecular flexibility index (Phi) is 3.97. The number of hydrogen-bond donors (Lipinski definition) is 1. The molecule has 1 N–H and O–H groups in total. The van der Waals surface area contributed by atoms with Crippen LogP contribution in [0.5, 0.6) is 0 Å². The first-order chi connectivity index (χ1) is 8.06. The summed E-state index contributed by atoms with van der Waals surface area (Å²) in [6, 6.07) is 0. The molecule has 1 heterocycles. The van der Waals surface area contributed by atoms with Gasteiger partial charge in [-0.1, -0.05) is 45.3 Å². The van der Waals surface area contributed by atoms with Gasteiger partial charge >= 0.3 is 0 Å². The molecule has 0 aromatic rings. The van der Waals surface area contributed by atoms with Gasteiger partial charge < -0.3 is 5.32 Å². The molecule has 1 aliphatic carbocycles. The normalized spacial score (nSPS) is 31.8. The highest BCUT2D eigenvalue weighted by atomic mass is 15.0. The van der Waals surface area contributed by atoms with Crippen LogP contribution in [-0.4, -0.2) is 12.1 Å². The summed E-state index contributed by atoms with van der Waals surface area (Å²) in [7, 11) is 0. The molecule has 1 atom stereocenters. The van der Waals surface area contributed by atoms with Crippen molar-refractivity contribution in [2.75, 3.05) is 6.54 Å². The lowest BCUT2D eigenvalue weighted by Crippen LogP contribution is -2.52. The lowest BCUT2D eigenvalue weighted by Gasteiger charge is -2.45. The summed E-state index contributed by atoms with van der Waals surface area (Å²) >= 11 is 0. The summed E-state index contributed by atoms with van der Waals surface area (Å²) in [5.41, 5.74) is 2.36. The highest BCUT2D eigenvalue weighted by Gasteiger charge is 2.46. The van der Waals surface area contributed by atoms with Crippen LogP contribution in [0, 0.1) is 5.41 Å². The zero-order valence-electron chi connectivity index (χ0n) is 11.9. The van der Waals surface area contributed by atoms with Gasteiger partial charge in [-0.25, -0.2) is 0 Å². The van der Waals surface area contributed by atoms with Gasteiger partial charge in [0, 0.05) is 5.54 Å². The second kappa shape index (κ2) is 5.14. The quantitative estimate of drug-likeness (QED) is 0.663. The SMILES string of the molecule is CC(C)(C)C1(C2=CCCCCCC2)CCCN1. The fourth-order valence-corrected chi connectivity index (χ4v) is 3.72. The van der Waals surface area contributed by atoms with Gasteiger partial charge in [-0.05, 0) is 50.5 Å². The van der Waals surface area contributed by atoms with Gasteiger partial charge in [0.15, 0.2) is 0 Å². The third kappa shape index (κ3) is 2.59. The van der Waals surface area contributed by atoms with Crippen molar-refractivity contribution in [3.05, 3.63) is 11.6 Å². The number of rotatable bonds is 1. The fourth-order valence-electron chi connectivity index (χ4n) is 3.72. The molecule has 0 saturated carbocycles. The maximum atomic E-state index is 3.86. The maximum Gasteiger partial charge on any atom is 0.0443 e. The van der Waals surface area contributed by atoms with E-state index in [4.69, 9.17) is 0 Å². The summed E-state index contributed by atoms with van der Waals surface area (Å²) in [5, 5.41) is 3.86. The molecule has 1 heteroatoms. The summed E-state index contributed by atoms with van der Waals surface area (Å²) in [6.07, 6.45) is 13.5. The molecular weight excluding hydrogens is 206 g/mol. The fraction of sp³-hybridized carbons (Fsp3) is 0.875. The molecule has 2 aliphatic rings. The molecule has 1 unspecified atom stereocenters. The van der Waals surface area contributed by atoms with E-state index in [9.17, 15) is 0 Å². The van der Waals surface area contributed by atoms with Gasteiger partial charge in [-0.2, -0.15) is 0 Å². The molecule has 0 spiro atoms. The molecule has 98 valence electrons. The summed E-state index contributed by atoms with van der Waals surface area (Å²) in [5.74, 6) is 0. The Balaban J connectivity index is 2.25. The van der Waals surface area contributed by atoms with Gasteiger partial charge in [0.1, 0.15) is 0 Å². The Morgan fingerprint density at radius 1 is 1.06 bits per heavy atom. The maximum absolute atomic E-state index is 3.86. The van der Waals surface area contributed by atoms with E-state index in [-0.39, 0.29) is 0 Å². The van der Waals surface area contributed by atoms with E-state index >= 15 is 0 Å². The molecule has 0 amide bonds. The monoisotopic (exact) mass is 235 g/mol. The zero-order valence-corrected chi connectivity index (χ0v) is 11.9. The van der Waals surface area contributed by atoms with Crippen molar-refractivity contribution in [1.29, 1.82) is 0 Å². The molecule has 0 aromatic heterocycles. The molecule has 2 rings (SSSR count). The Morgan fingerprint density at radius 2 is 1.82 bits per heavy atom. The lowest BCUT2D eigenvalue weighted by atomic mass is 9.66. The number of allylic oxidation sites excluding steroid dienone is 1. The summed E-state index contributed by atoms with van der Waals surface area (Å²) < 4.78 is 0. The van der Waals surface area contributed by atoms with Crippen molar-refractivity contribution in [2.45, 2.75) is 77.7 Å². The summed E-state index contributed by atoms with van der Waals surface area (Å²) in [6.45, 7) is 8.43. The van der Waals surface area contributed by atoms with Crippen LogP contribution in [0.25, 0.3) is 0 Å². The van der Waals surface area contributed by atoms with Crippen LogP contribution in [0.4, 0.5) is 0 Å². The first-order valence-corrected chi connectivity index (χ1v) is 7.51. The Morgan fingerprint density at radius 3 is 2.47 bits per heavy atom. The van der Waals surface area contributed by atoms with Gasteiger partial charge in [-0.3, -0.25) is 0 Å². The van der Waals surface area contributed by atoms with Crippen LogP contribution in [0.3, 0.4) is 0 Å². The van der Waals surface area contributed by atoms with Crippen LogP contribution < -0.4 is 5.32 Å². The zero-order chi connectivity index (χ0) is 12.4. The predicted octanol–water partition coefficient (Wildman–Crippen LogP) is 4.44. The Bertz CT molecular complexity index is 276. The van der Waals surface area contributed by atoms with Crippen molar-refractivity contribution in [3.63, 3.8) is 0 Å². The number of hydrogen-bond acceptors (Lipinski definition) is 1. The lowest BCUT2D eigenvalue weighted by molar-refractivity contribution is 0.193. The summed E-state index contributed by atoms with van der Waals surface area (Å²) in [4.78, 5) is 0. The van der Waals surface area contributed by atoms with Crippen molar-refractivity contribution in [3.8, 4) is 0 Å². The van der Waals surface area contributed by atoms with E-state index in [1.165, 1.54) is 57.9 Å². The first-order valence-electron chi connectivity index (χ1n) is 7.51. The average Bonchev–Trinajstić information content (AvgIpc) is 2.65. The first kappa shape index (κ1) is 13.1. The highest BCUT2D eigenvalue weighted by molar-refractivity contribution is 5.26. The Hall–Kier alpha value is -0.300. The molecule has 1 fully saturated rings. The molecule has 1 nitrogen and oxygen atoms in total. The molecule has 1 saturated heterocycles. The van der Waals surface area contributed by atoms with Crippen LogP contribution in [0.15, 0.2) is 11.6 Å². The van der Waals surface area contributed by atoms with Crippen molar-refractivity contribution >= 4 is 0 Å². The van der Waals surface area contributed by atoms with Crippen LogP contribution in [-0.2, 0) is 0 Å². The highest BCUT2D eigenvalue weighted by Crippen LogP contribution is 2.45. The van der Waals surface area contributed by atoms with Crippen molar-refractivity contribution in [1.82, 2.24) is 5.32 Å². The van der Waals surface area contributed by atoms with Gasteiger partial charge in [0.25, 0.3) is 0 Å². The van der Waals surface area contributed by atoms with Crippen LogP contribution in [0.2, 0.25) is 0 Å². The smallest absolute Gasteiger partial charge is 0.0443 e. The second-order valence-electron chi connectivity index (χ2n) is 6.87. The van der Waals surface area contributed by atoms with E-state index in [2.05, 4.69) is 32.2 Å². The Labute approximate surface area is 107 Å². The van der Waals surface area contributed by atoms with Gasteiger partial charge in [0.2, 0.25) is 0 Å². The second-order valence-corrected chi connectivity index (χ2v) is 6.87. The molecule has 0 radical (unpaired) electrons. The molecule has 0 bridgehead atoms. The number of nitrogens with one attached hydrogen (secondary N) is 1. The van der Waals surface area contributed by atoms with Crippen LogP contribution in [0.1, 0.15) is 72.1 Å².